The molecule has 0 saturated heterocycles. The lowest BCUT2D eigenvalue weighted by molar-refractivity contribution is -0.154. The summed E-state index contributed by atoms with van der Waals surface area (Å²) in [6, 6.07) is -1.47. The fourth-order valence-electron chi connectivity index (χ4n) is 5.87. The summed E-state index contributed by atoms with van der Waals surface area (Å²) in [5.41, 5.74) is 5.35. The van der Waals surface area contributed by atoms with E-state index in [2.05, 4.69) is 38.2 Å². The quantitative estimate of drug-likeness (QED) is 0.0237. The van der Waals surface area contributed by atoms with E-state index in [0.717, 1.165) is 44.9 Å². The summed E-state index contributed by atoms with van der Waals surface area (Å²) >= 11 is 0. The summed E-state index contributed by atoms with van der Waals surface area (Å²) < 4.78 is 33.3. The molecule has 0 aliphatic carbocycles. The second kappa shape index (κ2) is 38.7. The number of carbonyl (C=O) groups is 2. The van der Waals surface area contributed by atoms with E-state index >= 15 is 0 Å². The average molecular weight is 774 g/mol. The van der Waals surface area contributed by atoms with Crippen LogP contribution in [-0.4, -0.2) is 60.5 Å². The average Bonchev–Trinajstić information content (AvgIpc) is 3.13. The van der Waals surface area contributed by atoms with Crippen molar-refractivity contribution in [1.29, 1.82) is 0 Å². The zero-order chi connectivity index (χ0) is 39.1. The largest absolute Gasteiger partial charge is 0.480 e. The number of aliphatic carboxylic acids is 1. The van der Waals surface area contributed by atoms with Gasteiger partial charge in [0.1, 0.15) is 12.1 Å². The number of hydrogen-bond donors (Lipinski definition) is 3. The van der Waals surface area contributed by atoms with E-state index in [9.17, 15) is 19.0 Å². The van der Waals surface area contributed by atoms with Crippen molar-refractivity contribution in [1.82, 2.24) is 0 Å². The molecular weight excluding hydrogens is 693 g/mol. The Labute approximate surface area is 324 Å². The molecule has 0 aromatic carbocycles. The summed E-state index contributed by atoms with van der Waals surface area (Å²) in [4.78, 5) is 33.5. The number of hydrogen-bond acceptors (Lipinski definition) is 8. The van der Waals surface area contributed by atoms with Gasteiger partial charge in [-0.3, -0.25) is 18.6 Å². The Hall–Kier alpha value is -1.55. The Bertz CT molecular complexity index is 946. The van der Waals surface area contributed by atoms with Crippen molar-refractivity contribution in [3.8, 4) is 0 Å². The lowest BCUT2D eigenvalue weighted by atomic mass is 10.0. The molecule has 0 spiro atoms. The van der Waals surface area contributed by atoms with Crippen LogP contribution in [0.4, 0.5) is 0 Å². The van der Waals surface area contributed by atoms with Crippen molar-refractivity contribution in [2.24, 2.45) is 5.73 Å². The summed E-state index contributed by atoms with van der Waals surface area (Å²) in [6.07, 6.45) is 40.8. The number of phosphoric acid groups is 1. The zero-order valence-electron chi connectivity index (χ0n) is 33.9. The smallest absolute Gasteiger partial charge is 0.472 e. The van der Waals surface area contributed by atoms with Crippen molar-refractivity contribution in [3.63, 3.8) is 0 Å². The molecule has 4 N–H and O–H groups in total. The molecule has 53 heavy (non-hydrogen) atoms. The van der Waals surface area contributed by atoms with Crippen LogP contribution in [0.1, 0.15) is 194 Å². The molecule has 0 rings (SSSR count). The molecule has 3 atom stereocenters. The van der Waals surface area contributed by atoms with E-state index in [1.807, 2.05) is 0 Å². The highest BCUT2D eigenvalue weighted by atomic mass is 31.2. The predicted octanol–water partition coefficient (Wildman–Crippen LogP) is 11.5. The maximum atomic E-state index is 12.6. The minimum Gasteiger partial charge on any atom is -0.480 e. The van der Waals surface area contributed by atoms with Crippen LogP contribution in [0.5, 0.6) is 0 Å². The van der Waals surface area contributed by atoms with Gasteiger partial charge in [-0.05, 0) is 44.9 Å². The molecule has 3 unspecified atom stereocenters. The second-order valence-corrected chi connectivity index (χ2v) is 15.9. The molecule has 0 aromatic rings. The fraction of sp³-hybridized carbons (Fsp3) is 0.857. The highest BCUT2D eigenvalue weighted by Crippen LogP contribution is 2.43. The minimum absolute atomic E-state index is 0.0165. The molecule has 0 bridgehead atoms. The maximum absolute atomic E-state index is 12.6. The Morgan fingerprint density at radius 3 is 1.57 bits per heavy atom. The Morgan fingerprint density at radius 1 is 0.604 bits per heavy atom. The van der Waals surface area contributed by atoms with Gasteiger partial charge in [-0.2, -0.15) is 0 Å². The number of carbonyl (C=O) groups excluding carboxylic acids is 1. The van der Waals surface area contributed by atoms with Gasteiger partial charge >= 0.3 is 19.8 Å². The number of ether oxygens (including phenoxy) is 2. The number of carboxylic acids is 1. The van der Waals surface area contributed by atoms with Crippen molar-refractivity contribution >= 4 is 19.8 Å². The number of phosphoric ester groups is 1. The maximum Gasteiger partial charge on any atom is 0.472 e. The first-order valence-corrected chi connectivity index (χ1v) is 22.9. The van der Waals surface area contributed by atoms with Gasteiger partial charge in [-0.1, -0.05) is 167 Å². The number of rotatable bonds is 41. The van der Waals surface area contributed by atoms with Gasteiger partial charge in [-0.25, -0.2) is 4.57 Å². The first-order valence-electron chi connectivity index (χ1n) is 21.4. The van der Waals surface area contributed by atoms with Gasteiger partial charge in [0.25, 0.3) is 0 Å². The third kappa shape index (κ3) is 38.5. The number of unbranched alkanes of at least 4 members (excludes halogenated alkanes) is 23. The Balaban J connectivity index is 4.22. The molecule has 0 heterocycles. The van der Waals surface area contributed by atoms with E-state index in [-0.39, 0.29) is 13.0 Å². The number of esters is 1. The van der Waals surface area contributed by atoms with Crippen LogP contribution in [0.15, 0.2) is 24.3 Å². The lowest BCUT2D eigenvalue weighted by Crippen LogP contribution is -2.34. The molecular formula is C42H80NO9P. The van der Waals surface area contributed by atoms with Crippen molar-refractivity contribution in [2.45, 2.75) is 206 Å². The Morgan fingerprint density at radius 2 is 1.04 bits per heavy atom. The van der Waals surface area contributed by atoms with Crippen LogP contribution >= 0.6 is 7.82 Å². The highest BCUT2D eigenvalue weighted by Gasteiger charge is 2.27. The van der Waals surface area contributed by atoms with Crippen LogP contribution in [0.25, 0.3) is 0 Å². The van der Waals surface area contributed by atoms with Crippen LogP contribution in [0, 0.1) is 0 Å². The van der Waals surface area contributed by atoms with Crippen LogP contribution < -0.4 is 5.73 Å². The van der Waals surface area contributed by atoms with E-state index in [4.69, 9.17) is 29.4 Å². The summed E-state index contributed by atoms with van der Waals surface area (Å²) in [5, 5.41) is 8.88. The standard InChI is InChI=1S/C42H80NO9P/c1-3-5-7-9-11-13-15-17-18-19-20-21-23-25-27-29-31-33-35-49-36-39(37-50-53(47,48)51-38-40(43)42(45)46)52-41(44)34-32-30-28-26-24-22-16-14-12-10-8-6-4-2/h11,13,17-18,39-40H,3-10,12,14-16,19-38,43H2,1-2H3,(H,45,46)(H,47,48)/b13-11-,18-17-. The SMILES string of the molecule is CCCCC/C=C\C/C=C\CCCCCCCCCCOCC(COP(=O)(O)OCC(N)C(=O)O)OC(=O)CCCCCCCCCCCCCCC. The molecule has 0 saturated carbocycles. The van der Waals surface area contributed by atoms with Crippen molar-refractivity contribution in [2.75, 3.05) is 26.4 Å². The van der Waals surface area contributed by atoms with Crippen molar-refractivity contribution < 1.29 is 42.7 Å². The van der Waals surface area contributed by atoms with E-state index in [0.29, 0.717) is 13.0 Å². The monoisotopic (exact) mass is 774 g/mol. The molecule has 0 fully saturated rings. The molecule has 0 aliphatic heterocycles. The van der Waals surface area contributed by atoms with Gasteiger partial charge in [0, 0.05) is 13.0 Å². The number of allylic oxidation sites excluding steroid dienone is 4. The van der Waals surface area contributed by atoms with Gasteiger partial charge < -0.3 is 25.2 Å². The minimum atomic E-state index is -4.61. The van der Waals surface area contributed by atoms with E-state index < -0.39 is 45.1 Å². The third-order valence-corrected chi connectivity index (χ3v) is 10.2. The molecule has 312 valence electrons. The fourth-order valence-corrected chi connectivity index (χ4v) is 6.65. The first kappa shape index (κ1) is 51.5. The molecule has 11 heteroatoms. The summed E-state index contributed by atoms with van der Waals surface area (Å²) in [5.74, 6) is -1.78. The van der Waals surface area contributed by atoms with Crippen LogP contribution in [0.2, 0.25) is 0 Å². The molecule has 0 aliphatic rings. The molecule has 0 radical (unpaired) electrons. The lowest BCUT2D eigenvalue weighted by Gasteiger charge is -2.20. The van der Waals surface area contributed by atoms with Crippen LogP contribution in [0.3, 0.4) is 0 Å². The molecule has 0 amide bonds. The molecule has 0 aromatic heterocycles. The summed E-state index contributed by atoms with van der Waals surface area (Å²) in [6.45, 7) is 3.85. The summed E-state index contributed by atoms with van der Waals surface area (Å²) in [7, 11) is -4.61. The zero-order valence-corrected chi connectivity index (χ0v) is 34.8. The number of nitrogens with two attached hydrogens (primary N) is 1. The van der Waals surface area contributed by atoms with Crippen molar-refractivity contribution in [3.05, 3.63) is 24.3 Å². The molecule has 10 nitrogen and oxygen atoms in total. The normalized spacial score (nSPS) is 14.2. The topological polar surface area (TPSA) is 155 Å². The first-order chi connectivity index (χ1) is 25.7. The predicted molar refractivity (Wildman–Crippen MR) is 217 cm³/mol. The van der Waals surface area contributed by atoms with Gasteiger partial charge in [-0.15, -0.1) is 0 Å². The number of carboxylic acid groups (broad SMARTS) is 1. The van der Waals surface area contributed by atoms with Gasteiger partial charge in [0.2, 0.25) is 0 Å². The van der Waals surface area contributed by atoms with Crippen LogP contribution in [-0.2, 0) is 32.7 Å². The van der Waals surface area contributed by atoms with Gasteiger partial charge in [0.05, 0.1) is 19.8 Å². The third-order valence-electron chi connectivity index (χ3n) is 9.23. The van der Waals surface area contributed by atoms with E-state index in [1.165, 1.54) is 122 Å². The second-order valence-electron chi connectivity index (χ2n) is 14.5. The Kier molecular flexibility index (Phi) is 37.6. The van der Waals surface area contributed by atoms with Gasteiger partial charge in [0.15, 0.2) is 0 Å². The highest BCUT2D eigenvalue weighted by molar-refractivity contribution is 7.47. The van der Waals surface area contributed by atoms with E-state index in [1.54, 1.807) is 0 Å².